The van der Waals surface area contributed by atoms with E-state index in [9.17, 15) is 14.9 Å². The van der Waals surface area contributed by atoms with E-state index in [0.29, 0.717) is 13.2 Å². The van der Waals surface area contributed by atoms with Gasteiger partial charge in [-0.3, -0.25) is 14.9 Å². The van der Waals surface area contributed by atoms with E-state index in [-0.39, 0.29) is 28.9 Å². The molecule has 7 nitrogen and oxygen atoms in total. The minimum Gasteiger partial charge on any atom is -0.393 e. The van der Waals surface area contributed by atoms with E-state index in [1.54, 1.807) is 7.05 Å². The van der Waals surface area contributed by atoms with Gasteiger partial charge in [-0.1, -0.05) is 0 Å². The summed E-state index contributed by atoms with van der Waals surface area (Å²) in [7, 11) is 1.62. The molecule has 0 aromatic heterocycles. The number of benzene rings is 1. The van der Waals surface area contributed by atoms with Gasteiger partial charge < -0.3 is 15.4 Å². The summed E-state index contributed by atoms with van der Waals surface area (Å²) in [5.74, 6) is -0.305. The second kappa shape index (κ2) is 6.85. The number of amides is 1. The molecule has 0 bridgehead atoms. The van der Waals surface area contributed by atoms with Gasteiger partial charge in [-0.25, -0.2) is 0 Å². The lowest BCUT2D eigenvalue weighted by atomic mass is 10.1. The van der Waals surface area contributed by atoms with Gasteiger partial charge in [0.1, 0.15) is 5.69 Å². The van der Waals surface area contributed by atoms with Crippen LogP contribution in [0.3, 0.4) is 0 Å². The van der Waals surface area contributed by atoms with Gasteiger partial charge >= 0.3 is 0 Å². The molecule has 2 N–H and O–H groups in total. The summed E-state index contributed by atoms with van der Waals surface area (Å²) in [6.07, 6.45) is 0.0936. The van der Waals surface area contributed by atoms with Gasteiger partial charge in [0, 0.05) is 25.2 Å². The molecule has 110 valence electrons. The molecule has 0 aliphatic carbocycles. The minimum atomic E-state index is -0.603. The third-order valence-corrected chi connectivity index (χ3v) is 2.70. The van der Waals surface area contributed by atoms with E-state index < -0.39 is 4.92 Å². The predicted octanol–water partition coefficient (Wildman–Crippen LogP) is 1.67. The summed E-state index contributed by atoms with van der Waals surface area (Å²) in [6.45, 7) is 4.64. The first kappa shape index (κ1) is 15.9. The highest BCUT2D eigenvalue weighted by Gasteiger charge is 2.18. The monoisotopic (exact) mass is 281 g/mol. The molecule has 1 aromatic carbocycles. The zero-order valence-corrected chi connectivity index (χ0v) is 11.8. The van der Waals surface area contributed by atoms with E-state index in [4.69, 9.17) is 10.5 Å². The quantitative estimate of drug-likeness (QED) is 0.486. The molecule has 20 heavy (non-hydrogen) atoms. The van der Waals surface area contributed by atoms with Gasteiger partial charge in [0.2, 0.25) is 0 Å². The Bertz CT molecular complexity index is 502. The van der Waals surface area contributed by atoms with Crippen molar-refractivity contribution in [3.05, 3.63) is 33.9 Å². The summed E-state index contributed by atoms with van der Waals surface area (Å²) < 4.78 is 5.36. The van der Waals surface area contributed by atoms with Crippen LogP contribution in [0.15, 0.2) is 18.2 Å². The van der Waals surface area contributed by atoms with Crippen molar-refractivity contribution >= 4 is 17.3 Å². The topological polar surface area (TPSA) is 98.7 Å². The number of nitrogens with two attached hydrogens (primary N) is 1. The first-order valence-corrected chi connectivity index (χ1v) is 6.24. The van der Waals surface area contributed by atoms with Gasteiger partial charge in [0.05, 0.1) is 17.6 Å². The lowest BCUT2D eigenvalue weighted by Gasteiger charge is -2.18. The summed E-state index contributed by atoms with van der Waals surface area (Å²) in [5.41, 5.74) is 5.51. The van der Waals surface area contributed by atoms with E-state index in [0.717, 1.165) is 0 Å². The van der Waals surface area contributed by atoms with E-state index in [1.165, 1.54) is 23.1 Å². The SMILES string of the molecule is CC(C)OCCN(C)C(=O)c1ccc(N)c([N+](=O)[O-])c1. The Kier molecular flexibility index (Phi) is 5.45. The number of nitrogens with zero attached hydrogens (tertiary/aromatic N) is 2. The van der Waals surface area contributed by atoms with Gasteiger partial charge in [0.25, 0.3) is 11.6 Å². The number of anilines is 1. The van der Waals surface area contributed by atoms with Crippen molar-refractivity contribution in [2.45, 2.75) is 20.0 Å². The van der Waals surface area contributed by atoms with Crippen LogP contribution in [0.2, 0.25) is 0 Å². The maximum Gasteiger partial charge on any atom is 0.292 e. The van der Waals surface area contributed by atoms with Gasteiger partial charge in [-0.2, -0.15) is 0 Å². The first-order valence-electron chi connectivity index (χ1n) is 6.24. The molecule has 7 heteroatoms. The predicted molar refractivity (Wildman–Crippen MR) is 75.6 cm³/mol. The van der Waals surface area contributed by atoms with Crippen LogP contribution in [0.25, 0.3) is 0 Å². The second-order valence-electron chi connectivity index (χ2n) is 4.68. The smallest absolute Gasteiger partial charge is 0.292 e. The van der Waals surface area contributed by atoms with Gasteiger partial charge in [0.15, 0.2) is 0 Å². The summed E-state index contributed by atoms with van der Waals surface area (Å²) in [4.78, 5) is 23.8. The van der Waals surface area contributed by atoms with Gasteiger partial charge in [-0.15, -0.1) is 0 Å². The summed E-state index contributed by atoms with van der Waals surface area (Å²) in [5, 5.41) is 10.8. The molecule has 0 aliphatic heterocycles. The molecular formula is C13H19N3O4. The summed E-state index contributed by atoms with van der Waals surface area (Å²) >= 11 is 0. The fourth-order valence-electron chi connectivity index (χ4n) is 1.58. The maximum atomic E-state index is 12.1. The fourth-order valence-corrected chi connectivity index (χ4v) is 1.58. The van der Waals surface area contributed by atoms with Crippen molar-refractivity contribution < 1.29 is 14.5 Å². The molecule has 1 amide bonds. The normalized spacial score (nSPS) is 10.6. The molecule has 0 heterocycles. The van der Waals surface area contributed by atoms with Crippen molar-refractivity contribution in [3.8, 4) is 0 Å². The molecule has 0 spiro atoms. The number of hydrogen-bond acceptors (Lipinski definition) is 5. The van der Waals surface area contributed by atoms with Crippen molar-refractivity contribution in [2.75, 3.05) is 25.9 Å². The number of likely N-dealkylation sites (N-methyl/N-ethyl adjacent to an activating group) is 1. The van der Waals surface area contributed by atoms with Crippen LogP contribution in [-0.2, 0) is 4.74 Å². The minimum absolute atomic E-state index is 0.0392. The zero-order chi connectivity index (χ0) is 15.3. The molecular weight excluding hydrogens is 262 g/mol. The van der Waals surface area contributed by atoms with Crippen LogP contribution in [0.1, 0.15) is 24.2 Å². The lowest BCUT2D eigenvalue weighted by molar-refractivity contribution is -0.383. The average molecular weight is 281 g/mol. The Morgan fingerprint density at radius 1 is 1.50 bits per heavy atom. The molecule has 0 radical (unpaired) electrons. The fraction of sp³-hybridized carbons (Fsp3) is 0.462. The van der Waals surface area contributed by atoms with Crippen LogP contribution in [0.5, 0.6) is 0 Å². The van der Waals surface area contributed by atoms with Crippen LogP contribution in [0.4, 0.5) is 11.4 Å². The molecule has 0 fully saturated rings. The number of nitrogen functional groups attached to an aromatic ring is 1. The Labute approximate surface area is 117 Å². The Balaban J connectivity index is 2.76. The first-order chi connectivity index (χ1) is 9.32. The van der Waals surface area contributed by atoms with E-state index in [1.807, 2.05) is 13.8 Å². The Morgan fingerprint density at radius 3 is 2.70 bits per heavy atom. The zero-order valence-electron chi connectivity index (χ0n) is 11.8. The number of carbonyl (C=O) groups excluding carboxylic acids is 1. The number of nitro groups is 1. The number of carbonyl (C=O) groups is 1. The van der Waals surface area contributed by atoms with Crippen molar-refractivity contribution in [3.63, 3.8) is 0 Å². The largest absolute Gasteiger partial charge is 0.393 e. The Morgan fingerprint density at radius 2 is 2.15 bits per heavy atom. The van der Waals surface area contributed by atoms with Crippen LogP contribution in [-0.4, -0.2) is 42.0 Å². The number of rotatable bonds is 6. The average Bonchev–Trinajstić information content (AvgIpc) is 2.37. The van der Waals surface area contributed by atoms with Crippen molar-refractivity contribution in [2.24, 2.45) is 0 Å². The van der Waals surface area contributed by atoms with Crippen LogP contribution >= 0.6 is 0 Å². The third kappa shape index (κ3) is 4.20. The highest BCUT2D eigenvalue weighted by atomic mass is 16.6. The van der Waals surface area contributed by atoms with Crippen molar-refractivity contribution in [1.29, 1.82) is 0 Å². The standard InChI is InChI=1S/C13H19N3O4/c1-9(2)20-7-6-15(3)13(17)10-4-5-11(14)12(8-10)16(18)19/h4-5,8-9H,6-7,14H2,1-3H3. The number of nitro benzene ring substituents is 1. The van der Waals surface area contributed by atoms with Crippen LogP contribution < -0.4 is 5.73 Å². The maximum absolute atomic E-state index is 12.1. The number of ether oxygens (including phenoxy) is 1. The molecule has 1 aromatic rings. The second-order valence-corrected chi connectivity index (χ2v) is 4.68. The van der Waals surface area contributed by atoms with E-state index >= 15 is 0 Å². The van der Waals surface area contributed by atoms with E-state index in [2.05, 4.69) is 0 Å². The molecule has 0 aliphatic rings. The molecule has 0 atom stereocenters. The Hall–Kier alpha value is -2.15. The van der Waals surface area contributed by atoms with Gasteiger partial charge in [-0.05, 0) is 26.0 Å². The summed E-state index contributed by atoms with van der Waals surface area (Å²) in [6, 6.07) is 4.03. The molecule has 1 rings (SSSR count). The van der Waals surface area contributed by atoms with Crippen molar-refractivity contribution in [1.82, 2.24) is 4.90 Å². The highest BCUT2D eigenvalue weighted by molar-refractivity contribution is 5.95. The highest BCUT2D eigenvalue weighted by Crippen LogP contribution is 2.22. The van der Waals surface area contributed by atoms with Crippen LogP contribution in [0, 0.1) is 10.1 Å². The molecule has 0 saturated heterocycles. The molecule has 0 unspecified atom stereocenters. The lowest BCUT2D eigenvalue weighted by Crippen LogP contribution is -2.30. The molecule has 0 saturated carbocycles. The number of hydrogen-bond donors (Lipinski definition) is 1. The third-order valence-electron chi connectivity index (χ3n) is 2.70.